The fraction of sp³-hybridized carbons (Fsp3) is 0.625. The molecule has 128 valence electrons. The molecule has 1 aliphatic carbocycles. The van der Waals surface area contributed by atoms with Gasteiger partial charge in [-0.3, -0.25) is 0 Å². The topological polar surface area (TPSA) is 115 Å². The predicted octanol–water partition coefficient (Wildman–Crippen LogP) is 2.22. The zero-order valence-corrected chi connectivity index (χ0v) is 13.5. The van der Waals surface area contributed by atoms with Crippen LogP contribution in [0.15, 0.2) is 24.3 Å². The van der Waals surface area contributed by atoms with Crippen molar-refractivity contribution in [2.45, 2.75) is 46.0 Å². The molecule has 1 saturated carbocycles. The molecule has 1 rings (SSSR count). The van der Waals surface area contributed by atoms with E-state index in [0.717, 1.165) is 12.8 Å². The second-order valence-electron chi connectivity index (χ2n) is 5.55. The molecular formula is C16H28O6. The third kappa shape index (κ3) is 11.0. The van der Waals surface area contributed by atoms with Crippen LogP contribution in [0, 0.1) is 5.41 Å². The molecule has 0 atom stereocenters. The summed E-state index contributed by atoms with van der Waals surface area (Å²) in [6, 6.07) is 0. The number of aliphatic carboxylic acids is 2. The summed E-state index contributed by atoms with van der Waals surface area (Å²) >= 11 is 0. The van der Waals surface area contributed by atoms with E-state index in [-0.39, 0.29) is 29.8 Å². The second kappa shape index (κ2) is 11.9. The van der Waals surface area contributed by atoms with Gasteiger partial charge in [0.15, 0.2) is 0 Å². The Morgan fingerprint density at radius 1 is 0.864 bits per heavy atom. The predicted molar refractivity (Wildman–Crippen MR) is 84.6 cm³/mol. The highest BCUT2D eigenvalue weighted by molar-refractivity contribution is 5.85. The Morgan fingerprint density at radius 2 is 1.14 bits per heavy atom. The smallest absolute Gasteiger partial charge is 0.330 e. The van der Waals surface area contributed by atoms with Crippen LogP contribution in [0.3, 0.4) is 0 Å². The van der Waals surface area contributed by atoms with Crippen LogP contribution in [-0.4, -0.2) is 45.6 Å². The summed E-state index contributed by atoms with van der Waals surface area (Å²) in [7, 11) is 0. The van der Waals surface area contributed by atoms with Gasteiger partial charge >= 0.3 is 11.9 Å². The van der Waals surface area contributed by atoms with Gasteiger partial charge in [0.1, 0.15) is 0 Å². The Hall–Kier alpha value is -1.66. The molecule has 6 nitrogen and oxygen atoms in total. The lowest BCUT2D eigenvalue weighted by molar-refractivity contribution is -0.133. The van der Waals surface area contributed by atoms with E-state index in [0.29, 0.717) is 0 Å². The lowest BCUT2D eigenvalue weighted by atomic mass is 9.75. The van der Waals surface area contributed by atoms with Crippen molar-refractivity contribution < 1.29 is 30.0 Å². The Bertz CT molecular complexity index is 326. The lowest BCUT2D eigenvalue weighted by Gasteiger charge is -2.33. The minimum atomic E-state index is -0.935. The van der Waals surface area contributed by atoms with Crippen LogP contribution in [0.5, 0.6) is 0 Å². The lowest BCUT2D eigenvalue weighted by Crippen LogP contribution is -2.31. The van der Waals surface area contributed by atoms with Crippen molar-refractivity contribution in [2.24, 2.45) is 5.41 Å². The first-order valence-corrected chi connectivity index (χ1v) is 7.11. The minimum Gasteiger partial charge on any atom is -0.478 e. The summed E-state index contributed by atoms with van der Waals surface area (Å²) in [6.45, 7) is 9.52. The summed E-state index contributed by atoms with van der Waals surface area (Å²) in [5, 5.41) is 33.7. The number of aliphatic hydroxyl groups excluding tert-OH is 2. The van der Waals surface area contributed by atoms with Gasteiger partial charge in [-0.1, -0.05) is 32.4 Å². The summed E-state index contributed by atoms with van der Waals surface area (Å²) in [6.07, 6.45) is 5.60. The quantitative estimate of drug-likeness (QED) is 0.591. The van der Waals surface area contributed by atoms with E-state index >= 15 is 0 Å². The molecule has 0 amide bonds. The number of carboxylic acid groups (broad SMARTS) is 2. The monoisotopic (exact) mass is 316 g/mol. The molecule has 0 radical (unpaired) electrons. The van der Waals surface area contributed by atoms with E-state index in [2.05, 4.69) is 13.2 Å². The van der Waals surface area contributed by atoms with Gasteiger partial charge in [0.25, 0.3) is 0 Å². The summed E-state index contributed by atoms with van der Waals surface area (Å²) in [5.74, 6) is -1.87. The maximum Gasteiger partial charge on any atom is 0.330 e. The molecule has 0 aliphatic heterocycles. The third-order valence-electron chi connectivity index (χ3n) is 3.32. The first kappa shape index (κ1) is 22.6. The van der Waals surface area contributed by atoms with Crippen molar-refractivity contribution in [1.82, 2.24) is 0 Å². The van der Waals surface area contributed by atoms with Crippen molar-refractivity contribution >= 4 is 11.9 Å². The van der Waals surface area contributed by atoms with Crippen LogP contribution in [0.4, 0.5) is 0 Å². The van der Waals surface area contributed by atoms with Gasteiger partial charge in [-0.15, -0.1) is 0 Å². The molecule has 0 aromatic rings. The van der Waals surface area contributed by atoms with Crippen LogP contribution in [0.25, 0.3) is 0 Å². The summed E-state index contributed by atoms with van der Waals surface area (Å²) in [4.78, 5) is 19.2. The zero-order chi connectivity index (χ0) is 17.8. The molecule has 0 saturated heterocycles. The number of carbonyl (C=O) groups is 2. The number of hydrogen-bond acceptors (Lipinski definition) is 4. The van der Waals surface area contributed by atoms with Gasteiger partial charge in [-0.05, 0) is 26.7 Å². The molecule has 22 heavy (non-hydrogen) atoms. The van der Waals surface area contributed by atoms with Gasteiger partial charge in [0.2, 0.25) is 0 Å². The van der Waals surface area contributed by atoms with Gasteiger partial charge < -0.3 is 20.4 Å². The molecule has 1 aliphatic rings. The van der Waals surface area contributed by atoms with Crippen molar-refractivity contribution in [3.05, 3.63) is 24.3 Å². The molecule has 0 spiro atoms. The van der Waals surface area contributed by atoms with Gasteiger partial charge in [-0.2, -0.15) is 0 Å². The first-order chi connectivity index (χ1) is 10.1. The Balaban J connectivity index is 0. The number of hydrogen-bond donors (Lipinski definition) is 4. The fourth-order valence-corrected chi connectivity index (χ4v) is 1.67. The number of carboxylic acids is 2. The SMILES string of the molecule is C=C(C)C(=O)O.C=C(C)C(=O)O.OCC1(CO)CCCCC1. The van der Waals surface area contributed by atoms with Gasteiger partial charge in [0, 0.05) is 16.6 Å². The molecule has 0 unspecified atom stereocenters. The normalized spacial score (nSPS) is 15.3. The maximum absolute atomic E-state index is 9.60. The summed E-state index contributed by atoms with van der Waals surface area (Å²) < 4.78 is 0. The van der Waals surface area contributed by atoms with E-state index < -0.39 is 11.9 Å². The van der Waals surface area contributed by atoms with E-state index in [1.54, 1.807) is 0 Å². The summed E-state index contributed by atoms with van der Waals surface area (Å²) in [5.41, 5.74) is 0.225. The number of rotatable bonds is 4. The van der Waals surface area contributed by atoms with Crippen LogP contribution in [0.1, 0.15) is 46.0 Å². The highest BCUT2D eigenvalue weighted by Crippen LogP contribution is 2.34. The van der Waals surface area contributed by atoms with Gasteiger partial charge in [-0.25, -0.2) is 9.59 Å². The highest BCUT2D eigenvalue weighted by Gasteiger charge is 2.30. The zero-order valence-electron chi connectivity index (χ0n) is 13.5. The van der Waals surface area contributed by atoms with Crippen molar-refractivity contribution in [1.29, 1.82) is 0 Å². The third-order valence-corrected chi connectivity index (χ3v) is 3.32. The highest BCUT2D eigenvalue weighted by atomic mass is 16.4. The largest absolute Gasteiger partial charge is 0.478 e. The molecule has 0 aromatic carbocycles. The maximum atomic E-state index is 9.60. The van der Waals surface area contributed by atoms with E-state index in [4.69, 9.17) is 20.4 Å². The first-order valence-electron chi connectivity index (χ1n) is 7.11. The van der Waals surface area contributed by atoms with E-state index in [9.17, 15) is 9.59 Å². The second-order valence-corrected chi connectivity index (χ2v) is 5.55. The average molecular weight is 316 g/mol. The molecule has 4 N–H and O–H groups in total. The fourth-order valence-electron chi connectivity index (χ4n) is 1.67. The molecule has 1 fully saturated rings. The van der Waals surface area contributed by atoms with Crippen LogP contribution >= 0.6 is 0 Å². The number of aliphatic hydroxyl groups is 2. The van der Waals surface area contributed by atoms with Crippen LogP contribution < -0.4 is 0 Å². The molecular weight excluding hydrogens is 288 g/mol. The average Bonchev–Trinajstić information content (AvgIpc) is 2.49. The van der Waals surface area contributed by atoms with Crippen molar-refractivity contribution in [2.75, 3.05) is 13.2 Å². The van der Waals surface area contributed by atoms with Crippen molar-refractivity contribution in [3.63, 3.8) is 0 Å². The molecule has 6 heteroatoms. The molecule has 0 bridgehead atoms. The molecule has 0 heterocycles. The van der Waals surface area contributed by atoms with Gasteiger partial charge in [0.05, 0.1) is 13.2 Å². The minimum absolute atomic E-state index is 0.127. The standard InChI is InChI=1S/C8H16O2.2C4H6O2/c9-6-8(7-10)4-2-1-3-5-8;2*1-3(2)4(5)6/h9-10H,1-7H2;2*1H2,2H3,(H,5,6). The Labute approximate surface area is 131 Å². The van der Waals surface area contributed by atoms with Crippen molar-refractivity contribution in [3.8, 4) is 0 Å². The van der Waals surface area contributed by atoms with Crippen LogP contribution in [-0.2, 0) is 9.59 Å². The van der Waals surface area contributed by atoms with Crippen LogP contribution in [0.2, 0.25) is 0 Å². The molecule has 0 aromatic heterocycles. The Kier molecular flexibility index (Phi) is 12.3. The van der Waals surface area contributed by atoms with E-state index in [1.165, 1.54) is 33.1 Å². The van der Waals surface area contributed by atoms with E-state index in [1.807, 2.05) is 0 Å². The Morgan fingerprint density at radius 3 is 1.27 bits per heavy atom.